The number of nitrogens with zero attached hydrogens (tertiary/aromatic N) is 1. The number of aromatic nitrogens is 1. The second-order valence-corrected chi connectivity index (χ2v) is 5.37. The van der Waals surface area contributed by atoms with E-state index in [9.17, 15) is 0 Å². The average molecular weight is 351 g/mol. The molecule has 4 nitrogen and oxygen atoms in total. The van der Waals surface area contributed by atoms with Crippen molar-refractivity contribution in [2.45, 2.75) is 20.1 Å². The number of ether oxygens (including phenoxy) is 2. The Morgan fingerprint density at radius 1 is 1.14 bits per heavy atom. The Bertz CT molecular complexity index is 576. The number of benzene rings is 1. The van der Waals surface area contributed by atoms with Gasteiger partial charge in [-0.3, -0.25) is 4.98 Å². The molecule has 0 aliphatic rings. The number of halogens is 1. The molecule has 1 aromatic heterocycles. The smallest absolute Gasteiger partial charge is 0.175 e. The summed E-state index contributed by atoms with van der Waals surface area (Å²) in [6.07, 6.45) is 3.51. The van der Waals surface area contributed by atoms with Crippen LogP contribution in [0.25, 0.3) is 0 Å². The number of rotatable bonds is 7. The molecule has 0 amide bonds. The highest BCUT2D eigenvalue weighted by Gasteiger charge is 2.12. The Morgan fingerprint density at radius 2 is 1.90 bits per heavy atom. The first-order valence-corrected chi connectivity index (χ1v) is 7.65. The van der Waals surface area contributed by atoms with Crippen LogP contribution in [0, 0.1) is 0 Å². The van der Waals surface area contributed by atoms with Crippen molar-refractivity contribution in [1.82, 2.24) is 10.3 Å². The maximum Gasteiger partial charge on any atom is 0.175 e. The molecule has 0 saturated carbocycles. The highest BCUT2D eigenvalue weighted by molar-refractivity contribution is 9.10. The first-order chi connectivity index (χ1) is 10.2. The lowest BCUT2D eigenvalue weighted by molar-refractivity contribution is 0.267. The SMILES string of the molecule is CCOc1cc(CNC)cc(Br)c1OCc1ccncc1. The molecular weight excluding hydrogens is 332 g/mol. The molecule has 0 unspecified atom stereocenters. The first-order valence-electron chi connectivity index (χ1n) is 6.86. The van der Waals surface area contributed by atoms with Gasteiger partial charge in [-0.1, -0.05) is 0 Å². The predicted octanol–water partition coefficient (Wildman–Crippen LogP) is 3.54. The van der Waals surface area contributed by atoms with Crippen molar-refractivity contribution in [3.63, 3.8) is 0 Å². The van der Waals surface area contributed by atoms with E-state index in [1.165, 1.54) is 0 Å². The van der Waals surface area contributed by atoms with Gasteiger partial charge in [-0.15, -0.1) is 0 Å². The third-order valence-corrected chi connectivity index (χ3v) is 3.47. The molecule has 0 saturated heterocycles. The summed E-state index contributed by atoms with van der Waals surface area (Å²) in [5.41, 5.74) is 2.21. The molecular formula is C16H19BrN2O2. The van der Waals surface area contributed by atoms with E-state index < -0.39 is 0 Å². The summed E-state index contributed by atoms with van der Waals surface area (Å²) < 4.78 is 12.5. The van der Waals surface area contributed by atoms with E-state index in [-0.39, 0.29) is 0 Å². The van der Waals surface area contributed by atoms with Gasteiger partial charge < -0.3 is 14.8 Å². The van der Waals surface area contributed by atoms with Crippen LogP contribution in [0.1, 0.15) is 18.1 Å². The van der Waals surface area contributed by atoms with Crippen LogP contribution in [0.2, 0.25) is 0 Å². The number of pyridine rings is 1. The topological polar surface area (TPSA) is 43.4 Å². The third-order valence-electron chi connectivity index (χ3n) is 2.88. The van der Waals surface area contributed by atoms with Gasteiger partial charge in [0.15, 0.2) is 11.5 Å². The van der Waals surface area contributed by atoms with Gasteiger partial charge in [0, 0.05) is 18.9 Å². The van der Waals surface area contributed by atoms with Gasteiger partial charge in [0.25, 0.3) is 0 Å². The molecule has 0 aliphatic heterocycles. The average Bonchev–Trinajstić information content (AvgIpc) is 2.48. The van der Waals surface area contributed by atoms with Crippen molar-refractivity contribution in [2.24, 2.45) is 0 Å². The molecule has 0 radical (unpaired) electrons. The monoisotopic (exact) mass is 350 g/mol. The summed E-state index contributed by atoms with van der Waals surface area (Å²) in [4.78, 5) is 4.00. The predicted molar refractivity (Wildman–Crippen MR) is 86.6 cm³/mol. The van der Waals surface area contributed by atoms with Crippen LogP contribution < -0.4 is 14.8 Å². The van der Waals surface area contributed by atoms with Gasteiger partial charge in [-0.2, -0.15) is 0 Å². The van der Waals surface area contributed by atoms with Crippen LogP contribution in [0.4, 0.5) is 0 Å². The third kappa shape index (κ3) is 4.44. The summed E-state index contributed by atoms with van der Waals surface area (Å²) in [6, 6.07) is 7.92. The van der Waals surface area contributed by atoms with Crippen molar-refractivity contribution in [1.29, 1.82) is 0 Å². The Labute approximate surface area is 133 Å². The molecule has 5 heteroatoms. The zero-order chi connectivity index (χ0) is 15.1. The lowest BCUT2D eigenvalue weighted by atomic mass is 10.2. The van der Waals surface area contributed by atoms with Crippen molar-refractivity contribution >= 4 is 15.9 Å². The maximum absolute atomic E-state index is 5.92. The van der Waals surface area contributed by atoms with Crippen LogP contribution in [-0.2, 0) is 13.2 Å². The summed E-state index contributed by atoms with van der Waals surface area (Å²) in [7, 11) is 1.92. The van der Waals surface area contributed by atoms with Crippen LogP contribution >= 0.6 is 15.9 Å². The second-order valence-electron chi connectivity index (χ2n) is 4.51. The van der Waals surface area contributed by atoms with Crippen molar-refractivity contribution in [3.8, 4) is 11.5 Å². The highest BCUT2D eigenvalue weighted by atomic mass is 79.9. The minimum Gasteiger partial charge on any atom is -0.490 e. The van der Waals surface area contributed by atoms with Crippen LogP contribution in [-0.4, -0.2) is 18.6 Å². The summed E-state index contributed by atoms with van der Waals surface area (Å²) >= 11 is 3.57. The Kier molecular flexibility index (Phi) is 6.02. The van der Waals surface area contributed by atoms with Gasteiger partial charge in [-0.25, -0.2) is 0 Å². The molecule has 0 aliphatic carbocycles. The molecule has 1 heterocycles. The van der Waals surface area contributed by atoms with E-state index in [4.69, 9.17) is 9.47 Å². The van der Waals surface area contributed by atoms with Crippen molar-refractivity contribution < 1.29 is 9.47 Å². The molecule has 0 spiro atoms. The lowest BCUT2D eigenvalue weighted by Crippen LogP contribution is -2.07. The van der Waals surface area contributed by atoms with Crippen molar-refractivity contribution in [3.05, 3.63) is 52.3 Å². The quantitative estimate of drug-likeness (QED) is 0.829. The first kappa shape index (κ1) is 15.8. The number of hydrogen-bond donors (Lipinski definition) is 1. The van der Waals surface area contributed by atoms with Crippen molar-refractivity contribution in [2.75, 3.05) is 13.7 Å². The van der Waals surface area contributed by atoms with Crippen LogP contribution in [0.3, 0.4) is 0 Å². The zero-order valence-electron chi connectivity index (χ0n) is 12.2. The van der Waals surface area contributed by atoms with E-state index in [1.54, 1.807) is 12.4 Å². The molecule has 112 valence electrons. The Morgan fingerprint density at radius 3 is 2.57 bits per heavy atom. The summed E-state index contributed by atoms with van der Waals surface area (Å²) in [5.74, 6) is 1.49. The largest absolute Gasteiger partial charge is 0.490 e. The molecule has 0 bridgehead atoms. The lowest BCUT2D eigenvalue weighted by Gasteiger charge is -2.15. The fourth-order valence-corrected chi connectivity index (χ4v) is 2.57. The van der Waals surface area contributed by atoms with E-state index in [2.05, 4.69) is 26.2 Å². The van der Waals surface area contributed by atoms with Gasteiger partial charge in [0.05, 0.1) is 11.1 Å². The molecule has 0 atom stereocenters. The molecule has 21 heavy (non-hydrogen) atoms. The maximum atomic E-state index is 5.92. The van der Waals surface area contributed by atoms with Crippen LogP contribution in [0.15, 0.2) is 41.1 Å². The second kappa shape index (κ2) is 8.00. The highest BCUT2D eigenvalue weighted by Crippen LogP contribution is 2.37. The van der Waals surface area contributed by atoms with E-state index >= 15 is 0 Å². The standard InChI is InChI=1S/C16H19BrN2O2/c1-3-20-15-9-13(10-18-2)8-14(17)16(15)21-11-12-4-6-19-7-5-12/h4-9,18H,3,10-11H2,1-2H3. The molecule has 2 rings (SSSR count). The molecule has 2 aromatic rings. The van der Waals surface area contributed by atoms with E-state index in [1.807, 2.05) is 38.2 Å². The minimum absolute atomic E-state index is 0.479. The molecule has 1 aromatic carbocycles. The Balaban J connectivity index is 2.20. The fraction of sp³-hybridized carbons (Fsp3) is 0.312. The van der Waals surface area contributed by atoms with Gasteiger partial charge >= 0.3 is 0 Å². The zero-order valence-corrected chi connectivity index (χ0v) is 13.8. The molecule has 1 N–H and O–H groups in total. The van der Waals surface area contributed by atoms with E-state index in [0.29, 0.717) is 13.2 Å². The Hall–Kier alpha value is -1.59. The van der Waals surface area contributed by atoms with Gasteiger partial charge in [0.1, 0.15) is 6.61 Å². The summed E-state index contributed by atoms with van der Waals surface area (Å²) in [5, 5.41) is 3.13. The van der Waals surface area contributed by atoms with E-state index in [0.717, 1.165) is 33.6 Å². The van der Waals surface area contributed by atoms with Gasteiger partial charge in [0.2, 0.25) is 0 Å². The van der Waals surface area contributed by atoms with Crippen LogP contribution in [0.5, 0.6) is 11.5 Å². The summed E-state index contributed by atoms with van der Waals surface area (Å²) in [6.45, 7) is 3.82. The van der Waals surface area contributed by atoms with Gasteiger partial charge in [-0.05, 0) is 65.3 Å². The fourth-order valence-electron chi connectivity index (χ4n) is 1.97. The molecule has 0 fully saturated rings. The number of nitrogens with one attached hydrogen (secondary N) is 1. The number of hydrogen-bond acceptors (Lipinski definition) is 4. The normalized spacial score (nSPS) is 10.4. The minimum atomic E-state index is 0.479.